The number of anilines is 6. The third kappa shape index (κ3) is 7.46. The van der Waals surface area contributed by atoms with Crippen molar-refractivity contribution in [2.75, 3.05) is 9.80 Å². The zero-order valence-electron chi connectivity index (χ0n) is 39.2. The average molecular weight is 955 g/mol. The van der Waals surface area contributed by atoms with Crippen LogP contribution >= 0.6 is 11.3 Å². The van der Waals surface area contributed by atoms with E-state index in [0.717, 1.165) is 95.7 Å². The second-order valence-corrected chi connectivity index (χ2v) is 19.1. The van der Waals surface area contributed by atoms with Crippen LogP contribution in [0.5, 0.6) is 0 Å². The van der Waals surface area contributed by atoms with Gasteiger partial charge >= 0.3 is 0 Å². The number of rotatable bonds is 10. The molecular formula is C64H42N8S. The number of aromatic nitrogens is 6. The number of imidazole rings is 2. The molecule has 0 amide bonds. The third-order valence-corrected chi connectivity index (χ3v) is 14.8. The van der Waals surface area contributed by atoms with Gasteiger partial charge in [-0.15, -0.1) is 11.3 Å². The summed E-state index contributed by atoms with van der Waals surface area (Å²) in [5, 5.41) is 4.82. The van der Waals surface area contributed by atoms with Crippen molar-refractivity contribution >= 4 is 98.5 Å². The standard InChI is InChI=1S/C64H42N8S/c1-3-13-47(14-4-1)71-59-21-9-7-19-57(59)67-63(71)43-23-28-49(29-24-43)69(53-17-11-35-65-41-53)51-32-27-45-38-56-55-34-33-52(40-62(55)73-61(56)39-46(45)37-51)70(54-18-12-36-66-42-54)50-30-25-44(26-31-50)64-68-58-20-8-10-22-60(58)72(64)48-15-5-2-6-16-48/h1-42H. The van der Waals surface area contributed by atoms with Crippen molar-refractivity contribution < 1.29 is 0 Å². The summed E-state index contributed by atoms with van der Waals surface area (Å²) in [6.45, 7) is 0. The molecule has 0 N–H and O–H groups in total. The normalized spacial score (nSPS) is 11.6. The number of thiophene rings is 1. The van der Waals surface area contributed by atoms with Crippen molar-refractivity contribution in [2.24, 2.45) is 0 Å². The number of hydrogen-bond donors (Lipinski definition) is 0. The molecule has 14 rings (SSSR count). The first-order valence-corrected chi connectivity index (χ1v) is 25.1. The lowest BCUT2D eigenvalue weighted by Crippen LogP contribution is -2.10. The summed E-state index contributed by atoms with van der Waals surface area (Å²) in [5.41, 5.74) is 14.4. The van der Waals surface area contributed by atoms with Gasteiger partial charge in [0.1, 0.15) is 11.6 Å². The molecule has 0 spiro atoms. The Morgan fingerprint density at radius 3 is 1.36 bits per heavy atom. The van der Waals surface area contributed by atoms with Crippen molar-refractivity contribution in [3.63, 3.8) is 0 Å². The zero-order valence-corrected chi connectivity index (χ0v) is 40.1. The van der Waals surface area contributed by atoms with Crippen LogP contribution in [0.15, 0.2) is 255 Å². The van der Waals surface area contributed by atoms with Gasteiger partial charge in [-0.05, 0) is 168 Å². The highest BCUT2D eigenvalue weighted by atomic mass is 32.1. The summed E-state index contributed by atoms with van der Waals surface area (Å²) in [6, 6.07) is 81.4. The maximum Gasteiger partial charge on any atom is 0.145 e. The van der Waals surface area contributed by atoms with Gasteiger partial charge in [-0.25, -0.2) is 9.97 Å². The van der Waals surface area contributed by atoms with Crippen LogP contribution in [0.3, 0.4) is 0 Å². The molecule has 0 saturated heterocycles. The molecule has 0 saturated carbocycles. The van der Waals surface area contributed by atoms with Gasteiger partial charge in [-0.1, -0.05) is 72.8 Å². The summed E-state index contributed by atoms with van der Waals surface area (Å²) >= 11 is 1.82. The Balaban J connectivity index is 0.818. The lowest BCUT2D eigenvalue weighted by Gasteiger charge is -2.25. The van der Waals surface area contributed by atoms with Gasteiger partial charge in [0.2, 0.25) is 0 Å². The number of nitrogens with zero attached hydrogens (tertiary/aromatic N) is 8. The van der Waals surface area contributed by atoms with E-state index in [-0.39, 0.29) is 0 Å². The highest BCUT2D eigenvalue weighted by Gasteiger charge is 2.21. The number of fused-ring (bicyclic) bond motifs is 6. The van der Waals surface area contributed by atoms with E-state index in [9.17, 15) is 0 Å². The first kappa shape index (κ1) is 42.2. The number of pyridine rings is 2. The van der Waals surface area contributed by atoms with Crippen molar-refractivity contribution in [1.29, 1.82) is 0 Å². The Hall–Kier alpha value is -9.70. The van der Waals surface area contributed by atoms with Gasteiger partial charge in [0.15, 0.2) is 0 Å². The van der Waals surface area contributed by atoms with Gasteiger partial charge < -0.3 is 9.80 Å². The Morgan fingerprint density at radius 1 is 0.342 bits per heavy atom. The van der Waals surface area contributed by atoms with Crippen LogP contribution in [-0.4, -0.2) is 29.1 Å². The second kappa shape index (κ2) is 17.6. The molecule has 5 heterocycles. The van der Waals surface area contributed by atoms with Crippen molar-refractivity contribution in [1.82, 2.24) is 29.1 Å². The van der Waals surface area contributed by atoms with E-state index in [1.54, 1.807) is 0 Å². The van der Waals surface area contributed by atoms with Crippen LogP contribution in [0.4, 0.5) is 34.1 Å². The zero-order chi connectivity index (χ0) is 48.2. The number of para-hydroxylation sites is 6. The van der Waals surface area contributed by atoms with Crippen molar-refractivity contribution in [3.8, 4) is 34.2 Å². The molecule has 0 atom stereocenters. The Morgan fingerprint density at radius 2 is 0.822 bits per heavy atom. The van der Waals surface area contributed by atoms with E-state index in [1.807, 2.05) is 72.5 Å². The summed E-state index contributed by atoms with van der Waals surface area (Å²) in [5.74, 6) is 1.79. The molecule has 9 aromatic carbocycles. The second-order valence-electron chi connectivity index (χ2n) is 18.0. The fraction of sp³-hybridized carbons (Fsp3) is 0. The average Bonchev–Trinajstić information content (AvgIpc) is 4.16. The molecule has 14 aromatic rings. The van der Waals surface area contributed by atoms with Gasteiger partial charge in [0, 0.05) is 77.8 Å². The fourth-order valence-corrected chi connectivity index (χ4v) is 11.4. The molecule has 0 aliphatic rings. The van der Waals surface area contributed by atoms with E-state index in [4.69, 9.17) is 9.97 Å². The largest absolute Gasteiger partial charge is 0.309 e. The summed E-state index contributed by atoms with van der Waals surface area (Å²) in [7, 11) is 0. The lowest BCUT2D eigenvalue weighted by molar-refractivity contribution is 1.10. The minimum atomic E-state index is 0.897. The van der Waals surface area contributed by atoms with E-state index >= 15 is 0 Å². The fourth-order valence-electron chi connectivity index (χ4n) is 10.3. The van der Waals surface area contributed by atoms with Crippen LogP contribution in [0.25, 0.3) is 87.2 Å². The molecule has 0 bridgehead atoms. The maximum absolute atomic E-state index is 5.13. The number of benzene rings is 9. The smallest absolute Gasteiger partial charge is 0.145 e. The molecule has 5 aromatic heterocycles. The maximum atomic E-state index is 5.13. The first-order chi connectivity index (χ1) is 36.2. The van der Waals surface area contributed by atoms with Crippen molar-refractivity contribution in [2.45, 2.75) is 0 Å². The summed E-state index contributed by atoms with van der Waals surface area (Å²) in [4.78, 5) is 23.9. The quantitative estimate of drug-likeness (QED) is 0.136. The van der Waals surface area contributed by atoms with E-state index in [0.29, 0.717) is 0 Å². The third-order valence-electron chi connectivity index (χ3n) is 13.6. The highest BCUT2D eigenvalue weighted by molar-refractivity contribution is 7.26. The molecule has 344 valence electrons. The van der Waals surface area contributed by atoms with Crippen LogP contribution in [0, 0.1) is 0 Å². The summed E-state index contributed by atoms with van der Waals surface area (Å²) < 4.78 is 6.92. The minimum Gasteiger partial charge on any atom is -0.309 e. The van der Waals surface area contributed by atoms with Gasteiger partial charge in [-0.3, -0.25) is 19.1 Å². The van der Waals surface area contributed by atoms with Gasteiger partial charge in [0.05, 0.1) is 45.8 Å². The molecule has 73 heavy (non-hydrogen) atoms. The van der Waals surface area contributed by atoms with Crippen LogP contribution < -0.4 is 9.80 Å². The van der Waals surface area contributed by atoms with Gasteiger partial charge in [0.25, 0.3) is 0 Å². The van der Waals surface area contributed by atoms with Gasteiger partial charge in [-0.2, -0.15) is 0 Å². The van der Waals surface area contributed by atoms with E-state index < -0.39 is 0 Å². The Kier molecular flexibility index (Phi) is 10.2. The monoisotopic (exact) mass is 954 g/mol. The predicted octanol–water partition coefficient (Wildman–Crippen LogP) is 16.9. The first-order valence-electron chi connectivity index (χ1n) is 24.3. The lowest BCUT2D eigenvalue weighted by atomic mass is 10.0. The molecule has 9 heteroatoms. The molecule has 0 fully saturated rings. The molecule has 8 nitrogen and oxygen atoms in total. The molecule has 0 radical (unpaired) electrons. The molecular weight excluding hydrogens is 913 g/mol. The minimum absolute atomic E-state index is 0.897. The van der Waals surface area contributed by atoms with Crippen LogP contribution in [0.2, 0.25) is 0 Å². The molecule has 0 unspecified atom stereocenters. The molecule has 0 aliphatic carbocycles. The highest BCUT2D eigenvalue weighted by Crippen LogP contribution is 2.44. The Labute approximate surface area is 424 Å². The van der Waals surface area contributed by atoms with Crippen molar-refractivity contribution in [3.05, 3.63) is 255 Å². The van der Waals surface area contributed by atoms with Crippen LogP contribution in [-0.2, 0) is 0 Å². The summed E-state index contributed by atoms with van der Waals surface area (Å²) in [6.07, 6.45) is 7.49. The SMILES string of the molecule is c1ccc(-n2c(-c3ccc(N(c4cccnc4)c4ccc5cc6c(cc5c4)sc4cc(N(c5ccc(-c7nc8ccccc8n7-c7ccccc7)cc5)c5cccnc5)ccc46)cc3)nc3ccccc32)cc1. The number of hydrogen-bond acceptors (Lipinski definition) is 7. The van der Waals surface area contributed by atoms with Crippen LogP contribution in [0.1, 0.15) is 0 Å². The topological polar surface area (TPSA) is 67.9 Å². The molecule has 0 aliphatic heterocycles. The Bertz CT molecular complexity index is 4090. The predicted molar refractivity (Wildman–Crippen MR) is 302 cm³/mol. The van der Waals surface area contributed by atoms with E-state index in [1.165, 1.54) is 25.6 Å². The van der Waals surface area contributed by atoms with E-state index in [2.05, 4.69) is 223 Å².